The van der Waals surface area contributed by atoms with Crippen LogP contribution in [0.3, 0.4) is 0 Å². The van der Waals surface area contributed by atoms with E-state index in [1.165, 1.54) is 7.05 Å². The monoisotopic (exact) mass is 408 g/mol. The number of hydrogen-bond donors (Lipinski definition) is 1. The molecule has 1 aromatic heterocycles. The summed E-state index contributed by atoms with van der Waals surface area (Å²) >= 11 is 0. The van der Waals surface area contributed by atoms with Crippen molar-refractivity contribution in [1.29, 1.82) is 0 Å². The number of oxime groups is 1. The summed E-state index contributed by atoms with van der Waals surface area (Å²) in [5.74, 6) is -1.19. The molecule has 6 nitrogen and oxygen atoms in total. The molecule has 0 saturated heterocycles. The summed E-state index contributed by atoms with van der Waals surface area (Å²) in [6.07, 6.45) is 0.0167. The third-order valence-electron chi connectivity index (χ3n) is 4.57. The maximum absolute atomic E-state index is 14.3. The lowest BCUT2D eigenvalue weighted by molar-refractivity contribution is 0.0860. The summed E-state index contributed by atoms with van der Waals surface area (Å²) in [4.78, 5) is 18.0. The summed E-state index contributed by atoms with van der Waals surface area (Å²) < 4.78 is 15.3. The zero-order valence-electron chi connectivity index (χ0n) is 17.7. The summed E-state index contributed by atoms with van der Waals surface area (Å²) in [6, 6.07) is 15.2. The lowest BCUT2D eigenvalue weighted by Gasteiger charge is -2.12. The van der Waals surface area contributed by atoms with Gasteiger partial charge in [0.25, 0.3) is 5.91 Å². The van der Waals surface area contributed by atoms with Gasteiger partial charge in [-0.05, 0) is 44.9 Å². The first-order chi connectivity index (χ1) is 14.3. The molecular formula is C23H25FN4O2. The molecule has 7 heteroatoms. The second-order valence-corrected chi connectivity index (χ2v) is 7.28. The van der Waals surface area contributed by atoms with Gasteiger partial charge >= 0.3 is 0 Å². The van der Waals surface area contributed by atoms with Crippen molar-refractivity contribution in [3.8, 4) is 11.1 Å². The third kappa shape index (κ3) is 4.56. The molecule has 0 unspecified atom stereocenters. The molecule has 0 atom stereocenters. The van der Waals surface area contributed by atoms with Crippen LogP contribution in [-0.4, -0.2) is 27.5 Å². The van der Waals surface area contributed by atoms with Gasteiger partial charge in [-0.1, -0.05) is 47.6 Å². The number of aryl methyl sites for hydroxylation is 2. The predicted octanol–water partition coefficient (Wildman–Crippen LogP) is 4.94. The summed E-state index contributed by atoms with van der Waals surface area (Å²) in [7, 11) is 1.46. The number of halogens is 1. The summed E-state index contributed by atoms with van der Waals surface area (Å²) in [5.41, 5.74) is 4.33. The highest BCUT2D eigenvalue weighted by atomic mass is 19.1. The van der Waals surface area contributed by atoms with Crippen molar-refractivity contribution in [2.75, 3.05) is 5.32 Å². The standard InChI is InChI=1S/C23H25FN4O2/c1-14(2)30-27-15(3)17-10-12-18(13-11-17)19-8-6-7-9-20(19)25-23(29)21-16(4)26-28(5)22(21)24/h6-14H,1-5H3,(H,25,29). The Morgan fingerprint density at radius 1 is 1.17 bits per heavy atom. The number of para-hydroxylation sites is 1. The molecule has 2 aromatic carbocycles. The smallest absolute Gasteiger partial charge is 0.262 e. The molecule has 0 aliphatic rings. The van der Waals surface area contributed by atoms with Crippen LogP contribution in [0.5, 0.6) is 0 Å². The van der Waals surface area contributed by atoms with Crippen LogP contribution in [0.2, 0.25) is 0 Å². The molecule has 0 spiro atoms. The zero-order chi connectivity index (χ0) is 21.8. The van der Waals surface area contributed by atoms with Gasteiger partial charge in [0, 0.05) is 18.3 Å². The second kappa shape index (κ2) is 8.90. The van der Waals surface area contributed by atoms with Crippen molar-refractivity contribution in [3.05, 3.63) is 71.3 Å². The molecule has 1 heterocycles. The van der Waals surface area contributed by atoms with E-state index in [1.807, 2.05) is 63.2 Å². The van der Waals surface area contributed by atoms with Crippen molar-refractivity contribution in [3.63, 3.8) is 0 Å². The zero-order valence-corrected chi connectivity index (χ0v) is 17.7. The lowest BCUT2D eigenvalue weighted by atomic mass is 10.0. The van der Waals surface area contributed by atoms with E-state index in [4.69, 9.17) is 4.84 Å². The first kappa shape index (κ1) is 21.2. The topological polar surface area (TPSA) is 68.5 Å². The van der Waals surface area contributed by atoms with Crippen LogP contribution < -0.4 is 5.32 Å². The molecule has 1 N–H and O–H groups in total. The van der Waals surface area contributed by atoms with Crippen LogP contribution in [0.25, 0.3) is 11.1 Å². The molecule has 3 aromatic rings. The van der Waals surface area contributed by atoms with E-state index in [0.29, 0.717) is 11.4 Å². The molecule has 1 amide bonds. The van der Waals surface area contributed by atoms with Crippen LogP contribution >= 0.6 is 0 Å². The molecule has 0 radical (unpaired) electrons. The van der Waals surface area contributed by atoms with Gasteiger partial charge in [0.15, 0.2) is 0 Å². The largest absolute Gasteiger partial charge is 0.393 e. The van der Waals surface area contributed by atoms with Crippen LogP contribution in [0, 0.1) is 12.9 Å². The number of rotatable bonds is 6. The van der Waals surface area contributed by atoms with E-state index in [9.17, 15) is 9.18 Å². The Morgan fingerprint density at radius 2 is 1.83 bits per heavy atom. The van der Waals surface area contributed by atoms with Gasteiger partial charge in [-0.2, -0.15) is 9.49 Å². The predicted molar refractivity (Wildman–Crippen MR) is 116 cm³/mol. The van der Waals surface area contributed by atoms with Crippen molar-refractivity contribution in [2.24, 2.45) is 12.2 Å². The van der Waals surface area contributed by atoms with Crippen molar-refractivity contribution < 1.29 is 14.0 Å². The third-order valence-corrected chi connectivity index (χ3v) is 4.57. The number of carbonyl (C=O) groups is 1. The number of carbonyl (C=O) groups excluding carboxylic acids is 1. The van der Waals surface area contributed by atoms with Crippen molar-refractivity contribution in [1.82, 2.24) is 9.78 Å². The van der Waals surface area contributed by atoms with Gasteiger partial charge in [0.05, 0.1) is 11.4 Å². The number of benzene rings is 2. The first-order valence-electron chi connectivity index (χ1n) is 9.68. The minimum Gasteiger partial charge on any atom is -0.393 e. The average molecular weight is 408 g/mol. The Labute approximate surface area is 175 Å². The Balaban J connectivity index is 1.87. The van der Waals surface area contributed by atoms with Gasteiger partial charge in [-0.25, -0.2) is 4.68 Å². The molecule has 3 rings (SSSR count). The molecular weight excluding hydrogens is 383 g/mol. The molecule has 30 heavy (non-hydrogen) atoms. The van der Waals surface area contributed by atoms with E-state index in [2.05, 4.69) is 15.6 Å². The molecule has 0 bridgehead atoms. The van der Waals surface area contributed by atoms with E-state index in [0.717, 1.165) is 27.1 Å². The van der Waals surface area contributed by atoms with E-state index in [1.54, 1.807) is 13.0 Å². The fraction of sp³-hybridized carbons (Fsp3) is 0.261. The quantitative estimate of drug-likeness (QED) is 0.464. The summed E-state index contributed by atoms with van der Waals surface area (Å²) in [6.45, 7) is 7.33. The van der Waals surface area contributed by atoms with Crippen molar-refractivity contribution in [2.45, 2.75) is 33.8 Å². The lowest BCUT2D eigenvalue weighted by Crippen LogP contribution is -2.15. The molecule has 0 fully saturated rings. The molecule has 0 aliphatic carbocycles. The highest BCUT2D eigenvalue weighted by Crippen LogP contribution is 2.29. The number of nitrogens with zero attached hydrogens (tertiary/aromatic N) is 3. The van der Waals surface area contributed by atoms with Crippen LogP contribution in [0.15, 0.2) is 53.7 Å². The molecule has 0 aliphatic heterocycles. The van der Waals surface area contributed by atoms with Gasteiger partial charge < -0.3 is 10.2 Å². The van der Waals surface area contributed by atoms with Crippen LogP contribution in [0.1, 0.15) is 42.4 Å². The average Bonchev–Trinajstić information content (AvgIpc) is 2.98. The van der Waals surface area contributed by atoms with Gasteiger partial charge in [-0.15, -0.1) is 0 Å². The van der Waals surface area contributed by atoms with E-state index >= 15 is 0 Å². The maximum atomic E-state index is 14.3. The summed E-state index contributed by atoms with van der Waals surface area (Å²) in [5, 5.41) is 10.9. The second-order valence-electron chi connectivity index (χ2n) is 7.28. The number of nitrogens with one attached hydrogen (secondary N) is 1. The first-order valence-corrected chi connectivity index (χ1v) is 9.68. The van der Waals surface area contributed by atoms with Crippen LogP contribution in [-0.2, 0) is 11.9 Å². The minimum absolute atomic E-state index is 0.0167. The Kier molecular flexibility index (Phi) is 6.30. The SMILES string of the molecule is CC(=NOC(C)C)c1ccc(-c2ccccc2NC(=O)c2c(C)nn(C)c2F)cc1. The fourth-order valence-corrected chi connectivity index (χ4v) is 3.04. The number of amides is 1. The Hall–Kier alpha value is -3.48. The van der Waals surface area contributed by atoms with Gasteiger partial charge in [0.1, 0.15) is 11.7 Å². The van der Waals surface area contributed by atoms with Crippen LogP contribution in [0.4, 0.5) is 10.1 Å². The molecule has 156 valence electrons. The highest BCUT2D eigenvalue weighted by Gasteiger charge is 2.21. The normalized spacial score (nSPS) is 11.6. The van der Waals surface area contributed by atoms with Gasteiger partial charge in [-0.3, -0.25) is 4.79 Å². The Bertz CT molecular complexity index is 1090. The van der Waals surface area contributed by atoms with Gasteiger partial charge in [0.2, 0.25) is 5.95 Å². The Morgan fingerprint density at radius 3 is 2.43 bits per heavy atom. The molecule has 0 saturated carbocycles. The minimum atomic E-state index is -0.662. The van der Waals surface area contributed by atoms with E-state index < -0.39 is 11.9 Å². The highest BCUT2D eigenvalue weighted by molar-refractivity contribution is 6.07. The van der Waals surface area contributed by atoms with E-state index in [-0.39, 0.29) is 11.7 Å². The maximum Gasteiger partial charge on any atom is 0.262 e. The van der Waals surface area contributed by atoms with Crippen molar-refractivity contribution >= 4 is 17.3 Å². The number of aromatic nitrogens is 2. The number of anilines is 1. The number of hydrogen-bond acceptors (Lipinski definition) is 4. The fourth-order valence-electron chi connectivity index (χ4n) is 3.04.